The van der Waals surface area contributed by atoms with Crippen molar-refractivity contribution in [2.24, 2.45) is 0 Å². The van der Waals surface area contributed by atoms with Crippen molar-refractivity contribution < 1.29 is 28.9 Å². The van der Waals surface area contributed by atoms with E-state index in [-0.39, 0.29) is 19.0 Å². The summed E-state index contributed by atoms with van der Waals surface area (Å²) in [7, 11) is 0. The van der Waals surface area contributed by atoms with Gasteiger partial charge in [-0.15, -0.1) is 0 Å². The Morgan fingerprint density at radius 3 is 2.26 bits per heavy atom. The average Bonchev–Trinajstić information content (AvgIpc) is 2.67. The highest BCUT2D eigenvalue weighted by Gasteiger charge is 2.61. The summed E-state index contributed by atoms with van der Waals surface area (Å²) in [5.41, 5.74) is -1.25. The maximum Gasteiger partial charge on any atom is 0.365 e. The van der Waals surface area contributed by atoms with Gasteiger partial charge in [-0.3, -0.25) is 0 Å². The Morgan fingerprint density at radius 2 is 1.63 bits per heavy atom. The minimum Gasteiger partial charge on any atom is -0.508 e. The van der Waals surface area contributed by atoms with Gasteiger partial charge in [0.05, 0.1) is 18.9 Å². The molecule has 2 N–H and O–H groups in total. The van der Waals surface area contributed by atoms with Crippen molar-refractivity contribution in [3.05, 3.63) is 54.1 Å². The van der Waals surface area contributed by atoms with Gasteiger partial charge in [0.1, 0.15) is 17.5 Å². The lowest BCUT2D eigenvalue weighted by Gasteiger charge is -2.41. The van der Waals surface area contributed by atoms with E-state index in [1.165, 1.54) is 6.07 Å². The molecule has 0 fully saturated rings. The number of phenols is 1. The van der Waals surface area contributed by atoms with E-state index in [4.69, 9.17) is 14.2 Å². The van der Waals surface area contributed by atoms with Crippen molar-refractivity contribution in [3.63, 3.8) is 0 Å². The van der Waals surface area contributed by atoms with Crippen LogP contribution in [0.1, 0.15) is 25.5 Å². The number of ether oxygens (including phenoxy) is 3. The molecule has 0 aliphatic carbocycles. The van der Waals surface area contributed by atoms with Crippen LogP contribution in [0.4, 0.5) is 5.69 Å². The number of fused-ring (bicyclic) bond motifs is 1. The number of rotatable bonds is 5. The highest BCUT2D eigenvalue weighted by molar-refractivity contribution is 6.06. The van der Waals surface area contributed by atoms with Crippen molar-refractivity contribution in [1.29, 1.82) is 0 Å². The summed E-state index contributed by atoms with van der Waals surface area (Å²) in [4.78, 5) is 25.9. The third kappa shape index (κ3) is 3.16. The lowest BCUT2D eigenvalue weighted by Crippen LogP contribution is -2.61. The summed E-state index contributed by atoms with van der Waals surface area (Å²) in [6, 6.07) is 12.3. The number of hydrogen-bond donors (Lipinski definition) is 2. The van der Waals surface area contributed by atoms with Crippen LogP contribution in [-0.4, -0.2) is 35.9 Å². The lowest BCUT2D eigenvalue weighted by atomic mass is 9.85. The molecule has 0 spiro atoms. The molecule has 1 heterocycles. The number of esters is 2. The number of hydrogen-bond acceptors (Lipinski definition) is 7. The summed E-state index contributed by atoms with van der Waals surface area (Å²) < 4.78 is 16.3. The Balaban J connectivity index is 2.22. The SMILES string of the molecule is CCOC(=O)C1(C(=O)OCC)Oc2ccccc2NC1c1ccccc1O. The summed E-state index contributed by atoms with van der Waals surface area (Å²) in [6.07, 6.45) is 0. The molecule has 0 bridgehead atoms. The molecule has 7 heteroatoms. The molecule has 0 radical (unpaired) electrons. The minimum atomic E-state index is -2.14. The zero-order valence-electron chi connectivity index (χ0n) is 15.1. The molecule has 1 atom stereocenters. The number of nitrogens with one attached hydrogen (secondary N) is 1. The number of aromatic hydroxyl groups is 1. The largest absolute Gasteiger partial charge is 0.508 e. The maximum atomic E-state index is 13.0. The van der Waals surface area contributed by atoms with E-state index < -0.39 is 23.6 Å². The summed E-state index contributed by atoms with van der Waals surface area (Å²) in [6.45, 7) is 3.38. The van der Waals surface area contributed by atoms with Gasteiger partial charge in [-0.2, -0.15) is 0 Å². The van der Waals surface area contributed by atoms with Crippen LogP contribution in [-0.2, 0) is 19.1 Å². The molecule has 0 saturated heterocycles. The van der Waals surface area contributed by atoms with Crippen LogP contribution in [0.25, 0.3) is 0 Å². The van der Waals surface area contributed by atoms with E-state index in [0.717, 1.165) is 0 Å². The highest BCUT2D eigenvalue weighted by atomic mass is 16.6. The number of benzene rings is 2. The highest BCUT2D eigenvalue weighted by Crippen LogP contribution is 2.46. The number of phenolic OH excluding ortho intramolecular Hbond substituents is 1. The monoisotopic (exact) mass is 371 g/mol. The number of carbonyl (C=O) groups is 2. The first-order valence-electron chi connectivity index (χ1n) is 8.71. The summed E-state index contributed by atoms with van der Waals surface area (Å²) in [5, 5.41) is 13.5. The Kier molecular flexibility index (Phi) is 5.21. The van der Waals surface area contributed by atoms with Crippen molar-refractivity contribution in [2.75, 3.05) is 18.5 Å². The molecule has 3 rings (SSSR count). The first-order chi connectivity index (χ1) is 13.0. The summed E-state index contributed by atoms with van der Waals surface area (Å²) >= 11 is 0. The van der Waals surface area contributed by atoms with Crippen LogP contribution in [0.5, 0.6) is 11.5 Å². The third-order valence-electron chi connectivity index (χ3n) is 4.27. The maximum absolute atomic E-state index is 13.0. The minimum absolute atomic E-state index is 0.0541. The third-order valence-corrected chi connectivity index (χ3v) is 4.27. The molecule has 142 valence electrons. The van der Waals surface area contributed by atoms with E-state index in [2.05, 4.69) is 5.32 Å². The van der Waals surface area contributed by atoms with Crippen LogP contribution in [0, 0.1) is 0 Å². The second-order valence-electron chi connectivity index (χ2n) is 5.91. The topological polar surface area (TPSA) is 94.1 Å². The molecule has 0 amide bonds. The first-order valence-corrected chi connectivity index (χ1v) is 8.71. The van der Waals surface area contributed by atoms with E-state index in [0.29, 0.717) is 17.0 Å². The van der Waals surface area contributed by atoms with Gasteiger partial charge in [0.2, 0.25) is 0 Å². The molecule has 1 unspecified atom stereocenters. The molecule has 2 aromatic carbocycles. The standard InChI is InChI=1S/C20H21NO6/c1-3-25-18(23)20(19(24)26-4-2)17(13-9-5-7-11-15(13)22)21-14-10-6-8-12-16(14)27-20/h5-12,17,21-22H,3-4H2,1-2H3. The predicted molar refractivity (Wildman–Crippen MR) is 97.5 cm³/mol. The van der Waals surface area contributed by atoms with E-state index in [1.54, 1.807) is 56.3 Å². The van der Waals surface area contributed by atoms with Crippen LogP contribution in [0.2, 0.25) is 0 Å². The van der Waals surface area contributed by atoms with Gasteiger partial charge in [0.25, 0.3) is 0 Å². The Morgan fingerprint density at radius 1 is 1.04 bits per heavy atom. The molecule has 1 aliphatic rings. The smallest absolute Gasteiger partial charge is 0.365 e. The van der Waals surface area contributed by atoms with Gasteiger partial charge in [-0.1, -0.05) is 30.3 Å². The Bertz CT molecular complexity index is 832. The predicted octanol–water partition coefficient (Wildman–Crippen LogP) is 2.80. The van der Waals surface area contributed by atoms with Crippen LogP contribution in [0.3, 0.4) is 0 Å². The molecule has 1 aliphatic heterocycles. The Labute approximate surface area is 156 Å². The first kappa shape index (κ1) is 18.6. The fourth-order valence-corrected chi connectivity index (χ4v) is 3.07. The van der Waals surface area contributed by atoms with Crippen molar-refractivity contribution in [2.45, 2.75) is 25.5 Å². The van der Waals surface area contributed by atoms with Gasteiger partial charge in [0.15, 0.2) is 0 Å². The van der Waals surface area contributed by atoms with E-state index in [1.807, 2.05) is 0 Å². The fourth-order valence-electron chi connectivity index (χ4n) is 3.07. The fraction of sp³-hybridized carbons (Fsp3) is 0.300. The normalized spacial score (nSPS) is 17.0. The molecule has 0 saturated carbocycles. The number of carbonyl (C=O) groups excluding carboxylic acids is 2. The van der Waals surface area contributed by atoms with Crippen molar-refractivity contribution in [3.8, 4) is 11.5 Å². The Hall–Kier alpha value is -3.22. The zero-order valence-corrected chi connectivity index (χ0v) is 15.1. The average molecular weight is 371 g/mol. The zero-order chi connectivity index (χ0) is 19.4. The number of anilines is 1. The molecule has 27 heavy (non-hydrogen) atoms. The van der Waals surface area contributed by atoms with Crippen molar-refractivity contribution in [1.82, 2.24) is 0 Å². The van der Waals surface area contributed by atoms with Gasteiger partial charge in [0, 0.05) is 5.56 Å². The second kappa shape index (κ2) is 7.57. The van der Waals surface area contributed by atoms with E-state index in [9.17, 15) is 14.7 Å². The molecule has 7 nitrogen and oxygen atoms in total. The van der Waals surface area contributed by atoms with Gasteiger partial charge >= 0.3 is 17.5 Å². The lowest BCUT2D eigenvalue weighted by molar-refractivity contribution is -0.182. The van der Waals surface area contributed by atoms with E-state index >= 15 is 0 Å². The van der Waals surface area contributed by atoms with Gasteiger partial charge in [-0.05, 0) is 32.0 Å². The van der Waals surface area contributed by atoms with Crippen LogP contribution < -0.4 is 10.1 Å². The van der Waals surface area contributed by atoms with Gasteiger partial charge in [-0.25, -0.2) is 9.59 Å². The molecule has 0 aromatic heterocycles. The molecular weight excluding hydrogens is 350 g/mol. The quantitative estimate of drug-likeness (QED) is 0.616. The summed E-state index contributed by atoms with van der Waals surface area (Å²) in [5.74, 6) is -1.56. The van der Waals surface area contributed by atoms with Gasteiger partial charge < -0.3 is 24.6 Å². The number of para-hydroxylation sites is 3. The van der Waals surface area contributed by atoms with Crippen molar-refractivity contribution >= 4 is 17.6 Å². The molecule has 2 aromatic rings. The van der Waals surface area contributed by atoms with Crippen LogP contribution >= 0.6 is 0 Å². The van der Waals surface area contributed by atoms with Crippen LogP contribution in [0.15, 0.2) is 48.5 Å². The molecular formula is C20H21NO6. The second-order valence-corrected chi connectivity index (χ2v) is 5.91.